The van der Waals surface area contributed by atoms with E-state index < -0.39 is 0 Å². The maximum absolute atomic E-state index is 9.31. The number of hydrogen-bond acceptors (Lipinski definition) is 3. The van der Waals surface area contributed by atoms with Gasteiger partial charge in [-0.05, 0) is 45.2 Å². The summed E-state index contributed by atoms with van der Waals surface area (Å²) in [6.07, 6.45) is 4.53. The Labute approximate surface area is 122 Å². The van der Waals surface area contributed by atoms with Crippen LogP contribution in [0.3, 0.4) is 0 Å². The van der Waals surface area contributed by atoms with Crippen molar-refractivity contribution in [2.24, 2.45) is 5.73 Å². The van der Waals surface area contributed by atoms with Gasteiger partial charge in [-0.2, -0.15) is 0 Å². The van der Waals surface area contributed by atoms with Gasteiger partial charge in [-0.1, -0.05) is 36.2 Å². The average molecular weight is 276 g/mol. The molecule has 3 unspecified atom stereocenters. The van der Waals surface area contributed by atoms with Gasteiger partial charge < -0.3 is 10.8 Å². The number of piperidine rings is 1. The van der Waals surface area contributed by atoms with Gasteiger partial charge in [-0.15, -0.1) is 0 Å². The summed E-state index contributed by atoms with van der Waals surface area (Å²) in [5.41, 5.74) is 8.87. The van der Waals surface area contributed by atoms with E-state index >= 15 is 0 Å². The van der Waals surface area contributed by atoms with Crippen LogP contribution < -0.4 is 5.73 Å². The molecule has 0 spiro atoms. The summed E-state index contributed by atoms with van der Waals surface area (Å²) in [5, 5.41) is 9.31. The SMILES string of the molecule is Cc1ccc(C(C(C)N)N2CCCCC2CCO)cc1. The van der Waals surface area contributed by atoms with Crippen molar-refractivity contribution in [3.8, 4) is 0 Å². The minimum Gasteiger partial charge on any atom is -0.396 e. The highest BCUT2D eigenvalue weighted by Gasteiger charge is 2.31. The molecule has 112 valence electrons. The smallest absolute Gasteiger partial charge is 0.0499 e. The fraction of sp³-hybridized carbons (Fsp3) is 0.647. The van der Waals surface area contributed by atoms with Crippen molar-refractivity contribution in [3.63, 3.8) is 0 Å². The topological polar surface area (TPSA) is 49.5 Å². The molecule has 3 nitrogen and oxygen atoms in total. The Hall–Kier alpha value is -0.900. The molecule has 2 rings (SSSR count). The van der Waals surface area contributed by atoms with Gasteiger partial charge in [0.25, 0.3) is 0 Å². The van der Waals surface area contributed by atoms with Gasteiger partial charge in [0.05, 0.1) is 0 Å². The van der Waals surface area contributed by atoms with Gasteiger partial charge in [0.2, 0.25) is 0 Å². The molecule has 3 heteroatoms. The standard InChI is InChI=1S/C17H28N2O/c1-13-6-8-15(9-7-13)17(14(2)18)19-11-4-3-5-16(19)10-12-20/h6-9,14,16-17,20H,3-5,10-12,18H2,1-2H3. The average Bonchev–Trinajstić information content (AvgIpc) is 2.43. The third-order valence-corrected chi connectivity index (χ3v) is 4.41. The summed E-state index contributed by atoms with van der Waals surface area (Å²) in [6, 6.07) is 9.54. The third-order valence-electron chi connectivity index (χ3n) is 4.41. The number of aryl methyl sites for hydroxylation is 1. The molecule has 3 atom stereocenters. The van der Waals surface area contributed by atoms with Crippen LogP contribution in [0.25, 0.3) is 0 Å². The summed E-state index contributed by atoms with van der Waals surface area (Å²) in [5.74, 6) is 0. The molecule has 1 fully saturated rings. The van der Waals surface area contributed by atoms with E-state index in [2.05, 4.69) is 43.0 Å². The predicted molar refractivity (Wildman–Crippen MR) is 83.6 cm³/mol. The molecule has 1 saturated heterocycles. The van der Waals surface area contributed by atoms with Gasteiger partial charge in [-0.25, -0.2) is 0 Å². The van der Waals surface area contributed by atoms with E-state index in [9.17, 15) is 5.11 Å². The second-order valence-corrected chi connectivity index (χ2v) is 6.11. The van der Waals surface area contributed by atoms with Crippen LogP contribution in [0, 0.1) is 6.92 Å². The number of benzene rings is 1. The van der Waals surface area contributed by atoms with E-state index in [0.29, 0.717) is 6.04 Å². The van der Waals surface area contributed by atoms with Crippen LogP contribution in [0.4, 0.5) is 0 Å². The number of likely N-dealkylation sites (tertiary alicyclic amines) is 1. The highest BCUT2D eigenvalue weighted by Crippen LogP contribution is 2.31. The molecule has 0 saturated carbocycles. The first kappa shape index (κ1) is 15.5. The normalized spacial score (nSPS) is 23.5. The summed E-state index contributed by atoms with van der Waals surface area (Å²) in [4.78, 5) is 2.52. The van der Waals surface area contributed by atoms with Crippen molar-refractivity contribution in [1.29, 1.82) is 0 Å². The molecule has 20 heavy (non-hydrogen) atoms. The van der Waals surface area contributed by atoms with Crippen molar-refractivity contribution in [2.75, 3.05) is 13.2 Å². The molecule has 0 aliphatic carbocycles. The second kappa shape index (κ2) is 7.21. The minimum absolute atomic E-state index is 0.0944. The van der Waals surface area contributed by atoms with Crippen LogP contribution in [0.5, 0.6) is 0 Å². The van der Waals surface area contributed by atoms with Gasteiger partial charge in [0.15, 0.2) is 0 Å². The lowest BCUT2D eigenvalue weighted by atomic mass is 9.91. The summed E-state index contributed by atoms with van der Waals surface area (Å²) >= 11 is 0. The van der Waals surface area contributed by atoms with Crippen molar-refractivity contribution < 1.29 is 5.11 Å². The molecule has 0 aromatic heterocycles. The number of hydrogen-bond donors (Lipinski definition) is 2. The van der Waals surface area contributed by atoms with Crippen molar-refractivity contribution >= 4 is 0 Å². The lowest BCUT2D eigenvalue weighted by Crippen LogP contribution is -2.48. The predicted octanol–water partition coefficient (Wildman–Crippen LogP) is 2.62. The van der Waals surface area contributed by atoms with Crippen LogP contribution in [0.2, 0.25) is 0 Å². The first-order valence-electron chi connectivity index (χ1n) is 7.82. The van der Waals surface area contributed by atoms with Gasteiger partial charge >= 0.3 is 0 Å². The van der Waals surface area contributed by atoms with Crippen molar-refractivity contribution in [1.82, 2.24) is 4.90 Å². The lowest BCUT2D eigenvalue weighted by molar-refractivity contribution is 0.0652. The van der Waals surface area contributed by atoms with Crippen LogP contribution >= 0.6 is 0 Å². The van der Waals surface area contributed by atoms with Crippen LogP contribution in [-0.2, 0) is 0 Å². The number of nitrogens with two attached hydrogens (primary N) is 1. The molecule has 1 heterocycles. The zero-order chi connectivity index (χ0) is 14.5. The zero-order valence-corrected chi connectivity index (χ0v) is 12.8. The third kappa shape index (κ3) is 3.60. The highest BCUT2D eigenvalue weighted by molar-refractivity contribution is 5.25. The van der Waals surface area contributed by atoms with Crippen LogP contribution in [0.15, 0.2) is 24.3 Å². The van der Waals surface area contributed by atoms with Gasteiger partial charge in [0.1, 0.15) is 0 Å². The van der Waals surface area contributed by atoms with E-state index in [1.807, 2.05) is 0 Å². The molecule has 1 aromatic carbocycles. The number of rotatable bonds is 5. The Morgan fingerprint density at radius 2 is 2.00 bits per heavy atom. The van der Waals surface area contributed by atoms with Crippen molar-refractivity contribution in [3.05, 3.63) is 35.4 Å². The quantitative estimate of drug-likeness (QED) is 0.869. The van der Waals surface area contributed by atoms with E-state index in [-0.39, 0.29) is 18.7 Å². The Morgan fingerprint density at radius 3 is 2.60 bits per heavy atom. The fourth-order valence-corrected chi connectivity index (χ4v) is 3.41. The molecular weight excluding hydrogens is 248 g/mol. The maximum Gasteiger partial charge on any atom is 0.0499 e. The Bertz CT molecular complexity index is 400. The number of aliphatic hydroxyl groups excluding tert-OH is 1. The Morgan fingerprint density at radius 1 is 1.30 bits per heavy atom. The van der Waals surface area contributed by atoms with E-state index in [1.54, 1.807) is 0 Å². The van der Waals surface area contributed by atoms with E-state index in [1.165, 1.54) is 30.4 Å². The van der Waals surface area contributed by atoms with Gasteiger partial charge in [-0.3, -0.25) is 4.90 Å². The Kier molecular flexibility index (Phi) is 5.58. The Balaban J connectivity index is 2.24. The maximum atomic E-state index is 9.31. The van der Waals surface area contributed by atoms with Crippen molar-refractivity contribution in [2.45, 2.75) is 57.7 Å². The van der Waals surface area contributed by atoms with Crippen LogP contribution in [0.1, 0.15) is 49.8 Å². The summed E-state index contributed by atoms with van der Waals surface area (Å²) < 4.78 is 0. The molecule has 1 aromatic rings. The fourth-order valence-electron chi connectivity index (χ4n) is 3.41. The number of nitrogens with zero attached hydrogens (tertiary/aromatic N) is 1. The molecule has 1 aliphatic rings. The summed E-state index contributed by atoms with van der Waals surface area (Å²) in [6.45, 7) is 5.56. The number of aliphatic hydroxyl groups is 1. The molecule has 0 radical (unpaired) electrons. The lowest BCUT2D eigenvalue weighted by Gasteiger charge is -2.43. The highest BCUT2D eigenvalue weighted by atomic mass is 16.3. The van der Waals surface area contributed by atoms with E-state index in [0.717, 1.165) is 13.0 Å². The first-order valence-corrected chi connectivity index (χ1v) is 7.82. The van der Waals surface area contributed by atoms with Gasteiger partial charge in [0, 0.05) is 24.7 Å². The van der Waals surface area contributed by atoms with E-state index in [4.69, 9.17) is 5.73 Å². The monoisotopic (exact) mass is 276 g/mol. The molecule has 0 amide bonds. The minimum atomic E-state index is 0.0944. The van der Waals surface area contributed by atoms with Crippen LogP contribution in [-0.4, -0.2) is 35.2 Å². The first-order chi connectivity index (χ1) is 9.63. The molecule has 0 bridgehead atoms. The molecule has 1 aliphatic heterocycles. The second-order valence-electron chi connectivity index (χ2n) is 6.11. The largest absolute Gasteiger partial charge is 0.396 e. The zero-order valence-electron chi connectivity index (χ0n) is 12.8. The molecule has 3 N–H and O–H groups in total. The molecular formula is C17H28N2O. The summed E-state index contributed by atoms with van der Waals surface area (Å²) in [7, 11) is 0.